The molecule has 4 rings (SSSR count). The summed E-state index contributed by atoms with van der Waals surface area (Å²) in [5.41, 5.74) is 3.16. The summed E-state index contributed by atoms with van der Waals surface area (Å²) in [5.74, 6) is 1.45. The first-order chi connectivity index (χ1) is 12.2. The van der Waals surface area contributed by atoms with Gasteiger partial charge in [-0.1, -0.05) is 6.07 Å². The number of rotatable bonds is 4. The van der Waals surface area contributed by atoms with Gasteiger partial charge in [0.05, 0.1) is 0 Å². The lowest BCUT2D eigenvalue weighted by Gasteiger charge is -2.21. The van der Waals surface area contributed by atoms with Crippen molar-refractivity contribution >= 4 is 11.6 Å². The van der Waals surface area contributed by atoms with E-state index in [9.17, 15) is 4.79 Å². The number of carbonyl (C=O) groups is 1. The number of carbonyl (C=O) groups excluding carboxylic acids is 1. The van der Waals surface area contributed by atoms with E-state index in [4.69, 9.17) is 0 Å². The van der Waals surface area contributed by atoms with E-state index < -0.39 is 0 Å². The molecule has 1 saturated carbocycles. The number of aryl methyl sites for hydroxylation is 1. The van der Waals surface area contributed by atoms with E-state index in [1.807, 2.05) is 37.4 Å². The molecule has 2 aliphatic rings. The van der Waals surface area contributed by atoms with Crippen LogP contribution in [-0.2, 0) is 0 Å². The molecule has 0 unspecified atom stereocenters. The highest BCUT2D eigenvalue weighted by molar-refractivity contribution is 6.08. The SMILES string of the molecule is Cc1ncc(C2CC2)cc1C(=O)c1cccc(N2CCCNCC2)n1.[HH].[HH]. The van der Waals surface area contributed by atoms with Crippen LogP contribution in [0.4, 0.5) is 5.82 Å². The van der Waals surface area contributed by atoms with Crippen molar-refractivity contribution in [2.45, 2.75) is 32.1 Å². The molecule has 5 nitrogen and oxygen atoms in total. The minimum absolute atomic E-state index is 0. The zero-order valence-electron chi connectivity index (χ0n) is 14.7. The third kappa shape index (κ3) is 3.56. The lowest BCUT2D eigenvalue weighted by Crippen LogP contribution is -2.29. The normalized spacial score (nSPS) is 18.0. The largest absolute Gasteiger partial charge is 0.355 e. The Labute approximate surface area is 151 Å². The summed E-state index contributed by atoms with van der Waals surface area (Å²) in [6.45, 7) is 5.77. The molecule has 0 bridgehead atoms. The zero-order valence-corrected chi connectivity index (χ0v) is 14.7. The van der Waals surface area contributed by atoms with E-state index in [1.165, 1.54) is 18.4 Å². The van der Waals surface area contributed by atoms with Crippen molar-refractivity contribution in [2.24, 2.45) is 0 Å². The van der Waals surface area contributed by atoms with E-state index in [2.05, 4.69) is 20.2 Å². The van der Waals surface area contributed by atoms with Gasteiger partial charge in [-0.25, -0.2) is 4.98 Å². The Balaban J connectivity index is 0.00000131. The average Bonchev–Trinajstić information content (AvgIpc) is 3.48. The van der Waals surface area contributed by atoms with Gasteiger partial charge in [0.15, 0.2) is 0 Å². The summed E-state index contributed by atoms with van der Waals surface area (Å²) in [6, 6.07) is 7.76. The molecule has 0 amide bonds. The Hall–Kier alpha value is -2.27. The number of ketones is 1. The minimum atomic E-state index is -0.0257. The summed E-state index contributed by atoms with van der Waals surface area (Å²) < 4.78 is 0. The summed E-state index contributed by atoms with van der Waals surface area (Å²) in [7, 11) is 0. The topological polar surface area (TPSA) is 58.1 Å². The van der Waals surface area contributed by atoms with Crippen LogP contribution in [0.15, 0.2) is 30.5 Å². The van der Waals surface area contributed by atoms with Crippen molar-refractivity contribution in [3.63, 3.8) is 0 Å². The van der Waals surface area contributed by atoms with Crippen molar-refractivity contribution in [1.29, 1.82) is 0 Å². The molecule has 1 N–H and O–H groups in total. The number of nitrogens with zero attached hydrogens (tertiary/aromatic N) is 3. The predicted octanol–water partition coefficient (Wildman–Crippen LogP) is 3.19. The van der Waals surface area contributed by atoms with E-state index in [1.54, 1.807) is 0 Å². The van der Waals surface area contributed by atoms with Gasteiger partial charge in [-0.15, -0.1) is 0 Å². The van der Waals surface area contributed by atoms with Gasteiger partial charge < -0.3 is 10.2 Å². The van der Waals surface area contributed by atoms with Crippen LogP contribution in [0.2, 0.25) is 0 Å². The van der Waals surface area contributed by atoms with Crippen LogP contribution < -0.4 is 10.2 Å². The van der Waals surface area contributed by atoms with Gasteiger partial charge in [0, 0.05) is 39.9 Å². The number of aromatic nitrogens is 2. The van der Waals surface area contributed by atoms with Crippen molar-refractivity contribution < 1.29 is 7.65 Å². The van der Waals surface area contributed by atoms with Crippen molar-refractivity contribution in [2.75, 3.05) is 31.1 Å². The Kier molecular flexibility index (Phi) is 4.49. The summed E-state index contributed by atoms with van der Waals surface area (Å²) in [4.78, 5) is 24.4. The molecule has 3 heterocycles. The van der Waals surface area contributed by atoms with Gasteiger partial charge in [0.1, 0.15) is 11.5 Å². The summed E-state index contributed by atoms with van der Waals surface area (Å²) >= 11 is 0. The van der Waals surface area contributed by atoms with Crippen LogP contribution in [0.5, 0.6) is 0 Å². The van der Waals surface area contributed by atoms with Crippen LogP contribution in [-0.4, -0.2) is 41.9 Å². The lowest BCUT2D eigenvalue weighted by atomic mass is 10.0. The first kappa shape index (κ1) is 16.2. The van der Waals surface area contributed by atoms with Gasteiger partial charge >= 0.3 is 0 Å². The van der Waals surface area contributed by atoms with E-state index in [0.717, 1.165) is 44.1 Å². The molecular formula is C20H28N4O. The molecule has 1 saturated heterocycles. The Morgan fingerprint density at radius 1 is 1.28 bits per heavy atom. The van der Waals surface area contributed by atoms with Crippen LogP contribution in [0.3, 0.4) is 0 Å². The molecule has 2 fully saturated rings. The molecule has 134 valence electrons. The first-order valence-electron chi connectivity index (χ1n) is 9.16. The molecule has 0 aromatic carbocycles. The maximum Gasteiger partial charge on any atom is 0.213 e. The standard InChI is InChI=1S/C20H24N4O.2H2/c1-14-17(12-16(13-22-14)15-6-7-15)20(25)18-4-2-5-19(23-18)24-10-3-8-21-9-11-24;;/h2,4-5,12-13,15,21H,3,6-11H2,1H3;2*1H. The van der Waals surface area contributed by atoms with Gasteiger partial charge in [-0.05, 0) is 62.4 Å². The second-order valence-electron chi connectivity index (χ2n) is 6.98. The summed E-state index contributed by atoms with van der Waals surface area (Å²) in [6.07, 6.45) is 5.41. The summed E-state index contributed by atoms with van der Waals surface area (Å²) in [5, 5.41) is 3.40. The zero-order chi connectivity index (χ0) is 17.2. The quantitative estimate of drug-likeness (QED) is 0.866. The van der Waals surface area contributed by atoms with Crippen molar-refractivity contribution in [3.05, 3.63) is 53.0 Å². The fourth-order valence-electron chi connectivity index (χ4n) is 3.36. The first-order valence-corrected chi connectivity index (χ1v) is 9.16. The molecule has 1 aliphatic heterocycles. The number of nitrogens with one attached hydrogen (secondary N) is 1. The number of hydrogen-bond acceptors (Lipinski definition) is 5. The van der Waals surface area contributed by atoms with Gasteiger partial charge in [0.2, 0.25) is 5.78 Å². The van der Waals surface area contributed by atoms with Crippen LogP contribution in [0, 0.1) is 6.92 Å². The van der Waals surface area contributed by atoms with Crippen molar-refractivity contribution in [1.82, 2.24) is 15.3 Å². The predicted molar refractivity (Wildman–Crippen MR) is 103 cm³/mol. The third-order valence-corrected chi connectivity index (χ3v) is 5.03. The maximum absolute atomic E-state index is 13.0. The van der Waals surface area contributed by atoms with E-state index in [-0.39, 0.29) is 8.64 Å². The number of anilines is 1. The lowest BCUT2D eigenvalue weighted by molar-refractivity contribution is 0.103. The fourth-order valence-corrected chi connectivity index (χ4v) is 3.36. The monoisotopic (exact) mass is 340 g/mol. The van der Waals surface area contributed by atoms with Gasteiger partial charge in [-0.2, -0.15) is 0 Å². The molecule has 0 atom stereocenters. The van der Waals surface area contributed by atoms with Gasteiger partial charge in [0.25, 0.3) is 0 Å². The second kappa shape index (κ2) is 6.92. The highest BCUT2D eigenvalue weighted by Gasteiger charge is 2.26. The molecule has 0 radical (unpaired) electrons. The smallest absolute Gasteiger partial charge is 0.213 e. The molecule has 2 aromatic heterocycles. The molecule has 0 spiro atoms. The second-order valence-corrected chi connectivity index (χ2v) is 6.98. The maximum atomic E-state index is 13.0. The molecule has 1 aliphatic carbocycles. The molecule has 5 heteroatoms. The van der Waals surface area contributed by atoms with E-state index in [0.29, 0.717) is 17.2 Å². The minimum Gasteiger partial charge on any atom is -0.355 e. The molecule has 2 aromatic rings. The third-order valence-electron chi connectivity index (χ3n) is 5.03. The number of pyridine rings is 2. The van der Waals surface area contributed by atoms with E-state index >= 15 is 0 Å². The van der Waals surface area contributed by atoms with Crippen LogP contribution in [0.25, 0.3) is 0 Å². The number of hydrogen-bond donors (Lipinski definition) is 1. The van der Waals surface area contributed by atoms with Crippen molar-refractivity contribution in [3.8, 4) is 0 Å². The Bertz CT molecular complexity index is 787. The Morgan fingerprint density at radius 3 is 3.00 bits per heavy atom. The Morgan fingerprint density at radius 2 is 2.16 bits per heavy atom. The van der Waals surface area contributed by atoms with Gasteiger partial charge in [-0.3, -0.25) is 9.78 Å². The van der Waals surface area contributed by atoms with Crippen LogP contribution >= 0.6 is 0 Å². The molecular weight excluding hydrogens is 312 g/mol. The molecule has 25 heavy (non-hydrogen) atoms. The fraction of sp³-hybridized carbons (Fsp3) is 0.450. The highest BCUT2D eigenvalue weighted by Crippen LogP contribution is 2.40. The van der Waals surface area contributed by atoms with Crippen LogP contribution in [0.1, 0.15) is 55.3 Å². The highest BCUT2D eigenvalue weighted by atomic mass is 16.1. The average molecular weight is 340 g/mol.